The second-order valence-corrected chi connectivity index (χ2v) is 12.8. The van der Waals surface area contributed by atoms with Crippen molar-refractivity contribution in [3.05, 3.63) is 65.8 Å². The van der Waals surface area contributed by atoms with Gasteiger partial charge in [-0.3, -0.25) is 4.79 Å². The highest BCUT2D eigenvalue weighted by molar-refractivity contribution is 7.88. The number of benzene rings is 1. The predicted molar refractivity (Wildman–Crippen MR) is 154 cm³/mol. The quantitative estimate of drug-likeness (QED) is 0.440. The highest BCUT2D eigenvalue weighted by Crippen LogP contribution is 2.26. The first-order chi connectivity index (χ1) is 19.2. The van der Waals surface area contributed by atoms with Crippen LogP contribution in [0.4, 0.5) is 5.82 Å². The molecule has 40 heavy (non-hydrogen) atoms. The van der Waals surface area contributed by atoms with Crippen LogP contribution in [-0.2, 0) is 16.6 Å². The summed E-state index contributed by atoms with van der Waals surface area (Å²) in [7, 11) is -1.50. The number of amides is 1. The Morgan fingerprint density at radius 1 is 1.07 bits per heavy atom. The lowest BCUT2D eigenvalue weighted by Crippen LogP contribution is -2.52. The van der Waals surface area contributed by atoms with E-state index in [1.807, 2.05) is 48.2 Å². The van der Waals surface area contributed by atoms with E-state index in [2.05, 4.69) is 20.2 Å². The SMILES string of the molecule is Cc1c(NCc2coc(-c3ccccc3)c2)ncnc1C(=O)N1CCC(N2CCC(N(C)S(C)(=O)=O)CC2)CC1. The normalized spacial score (nSPS) is 17.9. The second-order valence-electron chi connectivity index (χ2n) is 10.8. The van der Waals surface area contributed by atoms with Crippen LogP contribution in [0.2, 0.25) is 0 Å². The average molecular weight is 567 g/mol. The van der Waals surface area contributed by atoms with Gasteiger partial charge in [-0.15, -0.1) is 0 Å². The minimum Gasteiger partial charge on any atom is -0.464 e. The van der Waals surface area contributed by atoms with E-state index in [0.717, 1.165) is 61.2 Å². The van der Waals surface area contributed by atoms with Gasteiger partial charge in [-0.2, -0.15) is 0 Å². The molecule has 2 saturated heterocycles. The standard InChI is InChI=1S/C29H38N6O4S/c1-21-27(31-20-32-28(21)30-18-22-17-26(39-19-22)23-7-5-4-6-8-23)29(36)35-15-11-25(12-16-35)34-13-9-24(10-14-34)33(2)40(3,37)38/h4-8,17,19-20,24-25H,9-16,18H2,1-3H3,(H,30,31,32). The Kier molecular flexibility index (Phi) is 8.53. The van der Waals surface area contributed by atoms with Crippen molar-refractivity contribution in [1.82, 2.24) is 24.1 Å². The van der Waals surface area contributed by atoms with E-state index >= 15 is 0 Å². The molecular formula is C29H38N6O4S. The first-order valence-electron chi connectivity index (χ1n) is 13.9. The number of aromatic nitrogens is 2. The zero-order valence-corrected chi connectivity index (χ0v) is 24.2. The van der Waals surface area contributed by atoms with E-state index in [1.165, 1.54) is 16.9 Å². The fourth-order valence-corrected chi connectivity index (χ4v) is 6.47. The van der Waals surface area contributed by atoms with Gasteiger partial charge >= 0.3 is 0 Å². The lowest BCUT2D eigenvalue weighted by atomic mass is 9.97. The topological polar surface area (TPSA) is 112 Å². The van der Waals surface area contributed by atoms with Crippen molar-refractivity contribution in [2.45, 2.75) is 51.2 Å². The van der Waals surface area contributed by atoms with Crippen molar-refractivity contribution in [2.75, 3.05) is 44.8 Å². The summed E-state index contributed by atoms with van der Waals surface area (Å²) in [6.07, 6.45) is 7.92. The number of nitrogens with one attached hydrogen (secondary N) is 1. The molecular weight excluding hydrogens is 528 g/mol. The molecule has 0 saturated carbocycles. The first kappa shape index (κ1) is 28.3. The van der Waals surface area contributed by atoms with Crippen molar-refractivity contribution in [1.29, 1.82) is 0 Å². The Morgan fingerprint density at radius 3 is 2.45 bits per heavy atom. The molecule has 1 amide bonds. The number of nitrogens with zero attached hydrogens (tertiary/aromatic N) is 5. The molecule has 2 aromatic heterocycles. The third-order valence-corrected chi connectivity index (χ3v) is 9.61. The minimum atomic E-state index is -3.17. The van der Waals surface area contributed by atoms with Gasteiger partial charge in [0.15, 0.2) is 0 Å². The Hall–Kier alpha value is -3.28. The molecule has 0 spiro atoms. The van der Waals surface area contributed by atoms with Gasteiger partial charge in [0.25, 0.3) is 5.91 Å². The summed E-state index contributed by atoms with van der Waals surface area (Å²) in [5, 5.41) is 3.33. The van der Waals surface area contributed by atoms with Crippen LogP contribution >= 0.6 is 0 Å². The van der Waals surface area contributed by atoms with Gasteiger partial charge in [-0.05, 0) is 51.8 Å². The molecule has 4 heterocycles. The number of hydrogen-bond donors (Lipinski definition) is 1. The van der Waals surface area contributed by atoms with Crippen LogP contribution in [0, 0.1) is 6.92 Å². The molecule has 1 aromatic carbocycles. The molecule has 2 aliphatic rings. The zero-order valence-electron chi connectivity index (χ0n) is 23.4. The summed E-state index contributed by atoms with van der Waals surface area (Å²) >= 11 is 0. The number of carbonyl (C=O) groups excluding carboxylic acids is 1. The van der Waals surface area contributed by atoms with Crippen LogP contribution in [0.3, 0.4) is 0 Å². The molecule has 3 aromatic rings. The Bertz CT molecular complexity index is 1410. The molecule has 2 aliphatic heterocycles. The number of anilines is 1. The molecule has 1 N–H and O–H groups in total. The molecule has 0 unspecified atom stereocenters. The van der Waals surface area contributed by atoms with Crippen LogP contribution in [0.25, 0.3) is 11.3 Å². The van der Waals surface area contributed by atoms with Gasteiger partial charge in [0, 0.05) is 55.5 Å². The molecule has 0 bridgehead atoms. The van der Waals surface area contributed by atoms with E-state index in [1.54, 1.807) is 13.3 Å². The maximum atomic E-state index is 13.4. The van der Waals surface area contributed by atoms with Gasteiger partial charge in [-0.25, -0.2) is 22.7 Å². The van der Waals surface area contributed by atoms with Gasteiger partial charge in [0.2, 0.25) is 10.0 Å². The van der Waals surface area contributed by atoms with Crippen LogP contribution in [0.15, 0.2) is 53.4 Å². The largest absolute Gasteiger partial charge is 0.464 e. The maximum Gasteiger partial charge on any atom is 0.272 e. The molecule has 10 nitrogen and oxygen atoms in total. The Morgan fingerprint density at radius 2 is 1.77 bits per heavy atom. The van der Waals surface area contributed by atoms with Gasteiger partial charge in [-0.1, -0.05) is 30.3 Å². The van der Waals surface area contributed by atoms with Crippen molar-refractivity contribution in [3.8, 4) is 11.3 Å². The predicted octanol–water partition coefficient (Wildman–Crippen LogP) is 3.62. The van der Waals surface area contributed by atoms with Crippen LogP contribution in [0.5, 0.6) is 0 Å². The van der Waals surface area contributed by atoms with Crippen molar-refractivity contribution in [2.24, 2.45) is 0 Å². The second kappa shape index (κ2) is 12.1. The summed E-state index contributed by atoms with van der Waals surface area (Å²) in [5.41, 5.74) is 3.17. The maximum absolute atomic E-state index is 13.4. The summed E-state index contributed by atoms with van der Waals surface area (Å²) in [6.45, 7) is 5.51. The van der Waals surface area contributed by atoms with E-state index in [-0.39, 0.29) is 11.9 Å². The molecule has 0 radical (unpaired) electrons. The lowest BCUT2D eigenvalue weighted by molar-refractivity contribution is 0.0542. The first-order valence-corrected chi connectivity index (χ1v) is 15.7. The monoisotopic (exact) mass is 566 g/mol. The summed E-state index contributed by atoms with van der Waals surface area (Å²) in [5.74, 6) is 1.38. The smallest absolute Gasteiger partial charge is 0.272 e. The number of carbonyl (C=O) groups is 1. The van der Waals surface area contributed by atoms with Crippen LogP contribution in [0.1, 0.15) is 47.3 Å². The van der Waals surface area contributed by atoms with E-state index in [0.29, 0.717) is 37.2 Å². The highest BCUT2D eigenvalue weighted by atomic mass is 32.2. The summed E-state index contributed by atoms with van der Waals surface area (Å²) in [4.78, 5) is 26.5. The van der Waals surface area contributed by atoms with Crippen LogP contribution < -0.4 is 5.32 Å². The van der Waals surface area contributed by atoms with Gasteiger partial charge in [0.1, 0.15) is 23.6 Å². The Labute approximate surface area is 236 Å². The number of piperidine rings is 2. The molecule has 214 valence electrons. The minimum absolute atomic E-state index is 0.0652. The van der Waals surface area contributed by atoms with E-state index in [9.17, 15) is 13.2 Å². The van der Waals surface area contributed by atoms with Crippen molar-refractivity contribution in [3.63, 3.8) is 0 Å². The molecule has 5 rings (SSSR count). The highest BCUT2D eigenvalue weighted by Gasteiger charge is 2.33. The van der Waals surface area contributed by atoms with Gasteiger partial charge < -0.3 is 19.5 Å². The molecule has 0 aliphatic carbocycles. The van der Waals surface area contributed by atoms with Crippen molar-refractivity contribution < 1.29 is 17.6 Å². The molecule has 0 atom stereocenters. The van der Waals surface area contributed by atoms with E-state index < -0.39 is 10.0 Å². The molecule has 2 fully saturated rings. The zero-order chi connectivity index (χ0) is 28.3. The fourth-order valence-electron chi connectivity index (χ4n) is 5.72. The van der Waals surface area contributed by atoms with E-state index in [4.69, 9.17) is 4.42 Å². The third-order valence-electron chi connectivity index (χ3n) is 8.26. The Balaban J connectivity index is 1.14. The number of rotatable bonds is 8. The lowest BCUT2D eigenvalue weighted by Gasteiger charge is -2.43. The number of likely N-dealkylation sites (tertiary alicyclic amines) is 2. The summed E-state index contributed by atoms with van der Waals surface area (Å²) in [6, 6.07) is 12.4. The number of hydrogen-bond acceptors (Lipinski definition) is 8. The van der Waals surface area contributed by atoms with Crippen LogP contribution in [-0.4, -0.2) is 90.0 Å². The third kappa shape index (κ3) is 6.37. The number of furan rings is 1. The van der Waals surface area contributed by atoms with Crippen molar-refractivity contribution >= 4 is 21.7 Å². The van der Waals surface area contributed by atoms with Gasteiger partial charge in [0.05, 0.1) is 12.5 Å². The average Bonchev–Trinajstić information content (AvgIpc) is 3.45. The molecule has 11 heteroatoms. The fraction of sp³-hybridized carbons (Fsp3) is 0.483. The summed E-state index contributed by atoms with van der Waals surface area (Å²) < 4.78 is 31.0. The number of sulfonamides is 1.